The van der Waals surface area contributed by atoms with Crippen LogP contribution in [0.1, 0.15) is 15.9 Å². The summed E-state index contributed by atoms with van der Waals surface area (Å²) in [5.41, 5.74) is 37.9. The van der Waals surface area contributed by atoms with Gasteiger partial charge in [-0.2, -0.15) is 0 Å². The standard InChI is InChI=1S/C27H19ClN2O.C26H15BrClN3.C26H16ClN3.C19H14ClN3.C13H9BrN2.C5H5BrN2/c28-22-14-13-21(16-26(31)20-10-5-2-6-11-20)24(17-22)23-12-7-15-30-18-25(29-27(23)30)19-8-3-1-4-9-19;27-25-24(17-9-5-2-6-10-17)30-26-22-19(13-14-31(25)26)23(16-7-3-1-4-8-16)29-21-12-11-18(28)15-20(21)22;27-19-11-12-22-21(15-19)24-20(25(28-22)18-9-5-2-6-10-18)13-14-30-16-23(29-26(24)30)17-7-3-1-4-8-17;20-14-8-9-17(21)16(11-14)15-7-4-10-23-12-18(22-19(15)23)13-5-2-1-3-6-13;14-11-7-4-8-16-9-12(15-13(11)16)10-5-2-1-3-6-10;6-4-2-1-3-8-5(4)7/h1-15,17-18H,16H2;1-15H;1-16H;1-12H,21H2;1-9H;1-3H,(H2,7,8). The van der Waals surface area contributed by atoms with Crippen molar-refractivity contribution in [2.24, 2.45) is 0 Å². The third kappa shape index (κ3) is 19.8. The monoisotopic (exact) mass is 2070 g/mol. The van der Waals surface area contributed by atoms with Gasteiger partial charge in [0, 0.05) is 188 Å². The van der Waals surface area contributed by atoms with Gasteiger partial charge in [0.2, 0.25) is 0 Å². The topological polar surface area (TPSA) is 194 Å². The van der Waals surface area contributed by atoms with Gasteiger partial charge in [-0.3, -0.25) is 9.20 Å². The van der Waals surface area contributed by atoms with E-state index in [-0.39, 0.29) is 5.78 Å². The van der Waals surface area contributed by atoms with Gasteiger partial charge in [-0.25, -0.2) is 39.9 Å². The van der Waals surface area contributed by atoms with E-state index in [9.17, 15) is 4.79 Å². The van der Waals surface area contributed by atoms with Crippen LogP contribution in [0, 0.1) is 0 Å². The van der Waals surface area contributed by atoms with E-state index in [2.05, 4.69) is 164 Å². The van der Waals surface area contributed by atoms with E-state index in [0.717, 1.165) is 192 Å². The molecular weight excluding hydrogens is 2000 g/mol. The molecule has 0 fully saturated rings. The van der Waals surface area contributed by atoms with Gasteiger partial charge in [-0.15, -0.1) is 0 Å². The molecule has 0 spiro atoms. The molecule has 0 amide bonds. The minimum atomic E-state index is 0.0736. The number of halogens is 7. The largest absolute Gasteiger partial charge is 0.398 e. The number of anilines is 2. The number of imidazole rings is 5. The highest BCUT2D eigenvalue weighted by Crippen LogP contribution is 2.43. The molecule has 25 rings (SSSR count). The van der Waals surface area contributed by atoms with Crippen molar-refractivity contribution >= 4 is 183 Å². The Morgan fingerprint density at radius 2 is 0.669 bits per heavy atom. The molecule has 13 heterocycles. The first-order chi connectivity index (χ1) is 68.0. The maximum Gasteiger partial charge on any atom is 0.167 e. The van der Waals surface area contributed by atoms with Gasteiger partial charge in [-0.05, 0) is 186 Å². The molecule has 0 unspecified atom stereocenters. The number of nitrogens with zero attached hydrogens (tertiary/aromatic N) is 13. The number of pyridine rings is 8. The van der Waals surface area contributed by atoms with E-state index < -0.39 is 0 Å². The average molecular weight is 2080 g/mol. The molecule has 0 saturated heterocycles. The average Bonchev–Trinajstić information content (AvgIpc) is 1.58. The SMILES string of the molecule is Brc1cccn2cc(-c3ccccc3)nc12.Clc1ccc2nc(-c3ccccc3)c3ccn4c(Br)c(-c5ccccc5)nc4c3c2c1.Clc1ccc2nc(-c3ccccc3)c3ccn4cc(-c5ccccc5)nc4c3c2c1.Nc1ccc(Cl)cc1-c1cccn2cc(-c3ccccc3)nc12.Nc1ncccc1Br.O=C(Cc1ccc(Cl)cc1-c1cccn2cc(-c3ccccc3)nc12)c1ccccc1. The molecule has 23 heteroatoms. The summed E-state index contributed by atoms with van der Waals surface area (Å²) in [7, 11) is 0. The summed E-state index contributed by atoms with van der Waals surface area (Å²) in [5, 5.41) is 8.86. The second-order valence-electron chi connectivity index (χ2n) is 32.5. The Hall–Kier alpha value is -15.6. The van der Waals surface area contributed by atoms with Crippen molar-refractivity contribution in [1.82, 2.24) is 61.9 Å². The number of aromatic nitrogens is 13. The van der Waals surface area contributed by atoms with E-state index in [1.54, 1.807) is 12.3 Å². The predicted molar refractivity (Wildman–Crippen MR) is 581 cm³/mol. The number of carbonyl (C=O) groups is 1. The van der Waals surface area contributed by atoms with E-state index >= 15 is 0 Å². The third-order valence-corrected chi connectivity index (χ3v) is 26.5. The quantitative estimate of drug-likeness (QED) is 0.0671. The number of nitrogens with two attached hydrogens (primary N) is 2. The Morgan fingerprint density at radius 3 is 1.13 bits per heavy atom. The van der Waals surface area contributed by atoms with Gasteiger partial charge >= 0.3 is 0 Å². The maximum absolute atomic E-state index is 12.9. The van der Waals surface area contributed by atoms with Gasteiger partial charge in [0.25, 0.3) is 0 Å². The van der Waals surface area contributed by atoms with Crippen molar-refractivity contribution in [2.75, 3.05) is 11.5 Å². The van der Waals surface area contributed by atoms with E-state index in [1.165, 1.54) is 0 Å². The molecule has 0 aliphatic rings. The van der Waals surface area contributed by atoms with Crippen LogP contribution in [0.2, 0.25) is 20.1 Å². The Labute approximate surface area is 844 Å². The zero-order valence-corrected chi connectivity index (χ0v) is 81.6. The summed E-state index contributed by atoms with van der Waals surface area (Å²) in [5.74, 6) is 0.608. The first-order valence-electron chi connectivity index (χ1n) is 44.3. The van der Waals surface area contributed by atoms with Gasteiger partial charge in [0.1, 0.15) is 38.7 Å². The molecule has 0 radical (unpaired) electrons. The second kappa shape index (κ2) is 41.2. The lowest BCUT2D eigenvalue weighted by molar-refractivity contribution is 0.0993. The van der Waals surface area contributed by atoms with Crippen LogP contribution in [-0.2, 0) is 6.42 Å². The summed E-state index contributed by atoms with van der Waals surface area (Å²) >= 11 is 35.7. The summed E-state index contributed by atoms with van der Waals surface area (Å²) in [4.78, 5) is 51.1. The number of nitrogen functional groups attached to an aromatic ring is 2. The minimum Gasteiger partial charge on any atom is -0.398 e. The summed E-state index contributed by atoms with van der Waals surface area (Å²) < 4.78 is 13.0. The van der Waals surface area contributed by atoms with Gasteiger partial charge < -0.3 is 29.1 Å². The predicted octanol–water partition coefficient (Wildman–Crippen LogP) is 31.6. The van der Waals surface area contributed by atoms with E-state index in [0.29, 0.717) is 43.6 Å². The van der Waals surface area contributed by atoms with Crippen LogP contribution in [0.5, 0.6) is 0 Å². The molecule has 139 heavy (non-hydrogen) atoms. The molecule has 16 nitrogen and oxygen atoms in total. The van der Waals surface area contributed by atoms with Gasteiger partial charge in [0.15, 0.2) is 11.4 Å². The fraction of sp³-hybridized carbons (Fsp3) is 0.00862. The van der Waals surface area contributed by atoms with Crippen molar-refractivity contribution in [3.8, 4) is 101 Å². The lowest BCUT2D eigenvalue weighted by atomic mass is 9.95. The van der Waals surface area contributed by atoms with Crippen molar-refractivity contribution in [1.29, 1.82) is 0 Å². The first kappa shape index (κ1) is 91.2. The van der Waals surface area contributed by atoms with Crippen LogP contribution >= 0.6 is 94.2 Å². The molecule has 13 aromatic heterocycles. The molecule has 672 valence electrons. The number of benzene rings is 12. The van der Waals surface area contributed by atoms with E-state index in [1.807, 2.05) is 342 Å². The van der Waals surface area contributed by atoms with Crippen molar-refractivity contribution in [3.05, 3.63) is 483 Å². The smallest absolute Gasteiger partial charge is 0.167 e. The van der Waals surface area contributed by atoms with Crippen LogP contribution in [0.15, 0.2) is 452 Å². The van der Waals surface area contributed by atoms with Crippen molar-refractivity contribution < 1.29 is 4.79 Å². The highest BCUT2D eigenvalue weighted by atomic mass is 79.9. The van der Waals surface area contributed by atoms with E-state index in [4.69, 9.17) is 87.8 Å². The zero-order chi connectivity index (χ0) is 95.0. The summed E-state index contributed by atoms with van der Waals surface area (Å²) in [6.45, 7) is 0. The number of hydrogen-bond acceptors (Lipinski definition) is 11. The van der Waals surface area contributed by atoms with Crippen LogP contribution in [0.4, 0.5) is 11.5 Å². The number of carbonyl (C=O) groups excluding carboxylic acids is 1. The number of hydrogen-bond donors (Lipinski definition) is 2. The summed E-state index contributed by atoms with van der Waals surface area (Å²) in [6, 6.07) is 124. The number of rotatable bonds is 12. The summed E-state index contributed by atoms with van der Waals surface area (Å²) in [6.07, 6.45) is 20.2. The molecule has 0 bridgehead atoms. The van der Waals surface area contributed by atoms with Crippen LogP contribution < -0.4 is 11.5 Å². The lowest BCUT2D eigenvalue weighted by Gasteiger charge is -2.11. The maximum atomic E-state index is 12.9. The third-order valence-electron chi connectivity index (χ3n) is 23.5. The molecule has 0 saturated carbocycles. The number of fused-ring (bicyclic) bond motifs is 13. The van der Waals surface area contributed by atoms with Crippen LogP contribution in [0.3, 0.4) is 0 Å². The Kier molecular flexibility index (Phi) is 27.0. The second-order valence-corrected chi connectivity index (χ2v) is 36.7. The number of ketones is 1. The highest BCUT2D eigenvalue weighted by molar-refractivity contribution is 9.11. The molecule has 0 aliphatic carbocycles. The van der Waals surface area contributed by atoms with Crippen molar-refractivity contribution in [2.45, 2.75) is 6.42 Å². The zero-order valence-electron chi connectivity index (χ0n) is 73.8. The Balaban J connectivity index is 0.000000106. The molecular formula is C116H78Br3Cl4N15O. The van der Waals surface area contributed by atoms with Gasteiger partial charge in [0.05, 0.1) is 54.1 Å². The fourth-order valence-corrected chi connectivity index (χ4v) is 18.9. The Morgan fingerprint density at radius 1 is 0.295 bits per heavy atom. The van der Waals surface area contributed by atoms with Crippen LogP contribution in [-0.4, -0.2) is 67.7 Å². The molecule has 25 aromatic rings. The molecule has 0 atom stereocenters. The fourth-order valence-electron chi connectivity index (χ4n) is 16.9. The Bertz CT molecular complexity index is 8790. The van der Waals surface area contributed by atoms with Crippen molar-refractivity contribution in [3.63, 3.8) is 0 Å². The van der Waals surface area contributed by atoms with Gasteiger partial charge in [-0.1, -0.05) is 295 Å². The lowest BCUT2D eigenvalue weighted by Crippen LogP contribution is -2.05. The minimum absolute atomic E-state index is 0.0736. The molecule has 0 aliphatic heterocycles. The molecule has 12 aromatic carbocycles. The molecule has 4 N–H and O–H groups in total. The first-order valence-corrected chi connectivity index (χ1v) is 48.2. The number of Topliss-reactive ketones (excluding diaryl/α,β-unsaturated/α-hetero) is 1. The van der Waals surface area contributed by atoms with Crippen LogP contribution in [0.25, 0.3) is 173 Å². The highest BCUT2D eigenvalue weighted by Gasteiger charge is 2.23. The normalized spacial score (nSPS) is 11.1.